The largest absolute Gasteiger partial charge is 0.322 e. The molecule has 1 amide bonds. The van der Waals surface area contributed by atoms with Crippen LogP contribution in [0, 0.1) is 5.82 Å². The number of thiol groups is 1. The third kappa shape index (κ3) is 3.07. The number of hydrogen-bond donors (Lipinski definition) is 2. The fourth-order valence-corrected chi connectivity index (χ4v) is 1.64. The van der Waals surface area contributed by atoms with Crippen molar-refractivity contribution in [3.8, 4) is 0 Å². The molecule has 0 atom stereocenters. The summed E-state index contributed by atoms with van der Waals surface area (Å²) in [5.74, 6) is -0.669. The van der Waals surface area contributed by atoms with E-state index in [4.69, 9.17) is 0 Å². The average molecular weight is 247 g/mol. The highest BCUT2D eigenvalue weighted by Gasteiger charge is 2.06. The lowest BCUT2D eigenvalue weighted by atomic mass is 10.2. The lowest BCUT2D eigenvalue weighted by Gasteiger charge is -2.05. The van der Waals surface area contributed by atoms with E-state index in [1.165, 1.54) is 12.1 Å². The molecular formula is C13H10FNOS. The van der Waals surface area contributed by atoms with Crippen molar-refractivity contribution in [2.24, 2.45) is 0 Å². The van der Waals surface area contributed by atoms with E-state index in [2.05, 4.69) is 17.9 Å². The number of halogens is 1. The van der Waals surface area contributed by atoms with E-state index >= 15 is 0 Å². The molecule has 0 saturated carbocycles. The molecule has 17 heavy (non-hydrogen) atoms. The van der Waals surface area contributed by atoms with Gasteiger partial charge in [-0.1, -0.05) is 12.1 Å². The number of benzene rings is 2. The van der Waals surface area contributed by atoms with Crippen molar-refractivity contribution in [1.29, 1.82) is 0 Å². The lowest BCUT2D eigenvalue weighted by molar-refractivity contribution is 0.102. The van der Waals surface area contributed by atoms with Gasteiger partial charge in [-0.2, -0.15) is 0 Å². The van der Waals surface area contributed by atoms with E-state index < -0.39 is 0 Å². The predicted octanol–water partition coefficient (Wildman–Crippen LogP) is 3.37. The Morgan fingerprint density at radius 1 is 1.12 bits per heavy atom. The van der Waals surface area contributed by atoms with E-state index in [-0.39, 0.29) is 11.7 Å². The van der Waals surface area contributed by atoms with Crippen LogP contribution in [-0.4, -0.2) is 5.91 Å². The summed E-state index contributed by atoms with van der Waals surface area (Å²) in [6.07, 6.45) is 0. The summed E-state index contributed by atoms with van der Waals surface area (Å²) in [4.78, 5) is 12.5. The van der Waals surface area contributed by atoms with Gasteiger partial charge in [-0.25, -0.2) is 4.39 Å². The molecule has 0 aromatic heterocycles. The number of amides is 1. The van der Waals surface area contributed by atoms with Crippen LogP contribution in [0.25, 0.3) is 0 Å². The van der Waals surface area contributed by atoms with Crippen LogP contribution in [0.5, 0.6) is 0 Å². The van der Waals surface area contributed by atoms with Crippen molar-refractivity contribution in [3.63, 3.8) is 0 Å². The highest BCUT2D eigenvalue weighted by molar-refractivity contribution is 7.80. The topological polar surface area (TPSA) is 29.1 Å². The SMILES string of the molecule is O=C(Nc1cccc(F)c1)c1cccc(S)c1. The molecule has 86 valence electrons. The second-order valence-corrected chi connectivity index (χ2v) is 4.03. The Bertz CT molecular complexity index is 557. The number of nitrogens with one attached hydrogen (secondary N) is 1. The molecule has 2 aromatic rings. The third-order valence-electron chi connectivity index (χ3n) is 2.19. The molecule has 1 N–H and O–H groups in total. The Balaban J connectivity index is 2.17. The predicted molar refractivity (Wildman–Crippen MR) is 68.0 cm³/mol. The van der Waals surface area contributed by atoms with E-state index in [1.807, 2.05) is 0 Å². The van der Waals surface area contributed by atoms with E-state index in [0.29, 0.717) is 16.1 Å². The third-order valence-corrected chi connectivity index (χ3v) is 2.47. The van der Waals surface area contributed by atoms with Gasteiger partial charge in [0, 0.05) is 16.1 Å². The molecular weight excluding hydrogens is 237 g/mol. The number of rotatable bonds is 2. The zero-order valence-corrected chi connectivity index (χ0v) is 9.75. The summed E-state index contributed by atoms with van der Waals surface area (Å²) in [5.41, 5.74) is 0.918. The number of carbonyl (C=O) groups excluding carboxylic acids is 1. The maximum atomic E-state index is 12.9. The van der Waals surface area contributed by atoms with Gasteiger partial charge >= 0.3 is 0 Å². The zero-order valence-electron chi connectivity index (χ0n) is 8.85. The molecule has 0 fully saturated rings. The fraction of sp³-hybridized carbons (Fsp3) is 0. The molecule has 0 aliphatic rings. The maximum Gasteiger partial charge on any atom is 0.255 e. The first-order valence-electron chi connectivity index (χ1n) is 5.01. The summed E-state index contributed by atoms with van der Waals surface area (Å²) >= 11 is 4.15. The van der Waals surface area contributed by atoms with Crippen molar-refractivity contribution in [2.45, 2.75) is 4.90 Å². The average Bonchev–Trinajstić information content (AvgIpc) is 2.29. The van der Waals surface area contributed by atoms with Gasteiger partial charge in [0.05, 0.1) is 0 Å². The van der Waals surface area contributed by atoms with E-state index in [9.17, 15) is 9.18 Å². The van der Waals surface area contributed by atoms with Crippen LogP contribution in [0.1, 0.15) is 10.4 Å². The van der Waals surface area contributed by atoms with Crippen LogP contribution in [0.3, 0.4) is 0 Å². The first-order chi connectivity index (χ1) is 8.15. The van der Waals surface area contributed by atoms with Crippen LogP contribution < -0.4 is 5.32 Å². The first-order valence-corrected chi connectivity index (χ1v) is 5.46. The van der Waals surface area contributed by atoms with Crippen LogP contribution in [0.15, 0.2) is 53.4 Å². The number of anilines is 1. The van der Waals surface area contributed by atoms with Gasteiger partial charge in [-0.3, -0.25) is 4.79 Å². The van der Waals surface area contributed by atoms with Crippen molar-refractivity contribution < 1.29 is 9.18 Å². The number of carbonyl (C=O) groups is 1. The molecule has 0 unspecified atom stereocenters. The highest BCUT2D eigenvalue weighted by Crippen LogP contribution is 2.13. The Morgan fingerprint density at radius 3 is 2.59 bits per heavy atom. The Labute approximate surface area is 104 Å². The van der Waals surface area contributed by atoms with E-state index in [1.54, 1.807) is 36.4 Å². The summed E-state index contributed by atoms with van der Waals surface area (Å²) in [5, 5.41) is 2.61. The summed E-state index contributed by atoms with van der Waals surface area (Å²) < 4.78 is 12.9. The Kier molecular flexibility index (Phi) is 3.44. The van der Waals surface area contributed by atoms with Gasteiger partial charge in [0.2, 0.25) is 0 Å². The monoisotopic (exact) mass is 247 g/mol. The second kappa shape index (κ2) is 5.01. The number of hydrogen-bond acceptors (Lipinski definition) is 2. The maximum absolute atomic E-state index is 12.9. The highest BCUT2D eigenvalue weighted by atomic mass is 32.1. The van der Waals surface area contributed by atoms with Crippen molar-refractivity contribution in [3.05, 3.63) is 59.9 Å². The molecule has 0 aliphatic heterocycles. The minimum Gasteiger partial charge on any atom is -0.322 e. The minimum absolute atomic E-state index is 0.286. The molecule has 0 spiro atoms. The van der Waals surface area contributed by atoms with Crippen molar-refractivity contribution >= 4 is 24.2 Å². The van der Waals surface area contributed by atoms with Gasteiger partial charge in [-0.15, -0.1) is 12.6 Å². The molecule has 0 radical (unpaired) electrons. The van der Waals surface area contributed by atoms with Crippen LogP contribution in [0.2, 0.25) is 0 Å². The van der Waals surface area contributed by atoms with E-state index in [0.717, 1.165) is 0 Å². The zero-order chi connectivity index (χ0) is 12.3. The molecule has 2 rings (SSSR count). The Hall–Kier alpha value is -1.81. The van der Waals surface area contributed by atoms with Gasteiger partial charge in [0.25, 0.3) is 5.91 Å². The van der Waals surface area contributed by atoms with Crippen LogP contribution in [-0.2, 0) is 0 Å². The smallest absolute Gasteiger partial charge is 0.255 e. The quantitative estimate of drug-likeness (QED) is 0.783. The van der Waals surface area contributed by atoms with Crippen LogP contribution in [0.4, 0.5) is 10.1 Å². The normalized spacial score (nSPS) is 10.0. The van der Waals surface area contributed by atoms with Gasteiger partial charge in [0.1, 0.15) is 5.82 Å². The molecule has 0 saturated heterocycles. The fourth-order valence-electron chi connectivity index (χ4n) is 1.42. The molecule has 0 bridgehead atoms. The molecule has 2 aromatic carbocycles. The van der Waals surface area contributed by atoms with Crippen LogP contribution >= 0.6 is 12.6 Å². The van der Waals surface area contributed by atoms with Crippen molar-refractivity contribution in [1.82, 2.24) is 0 Å². The molecule has 0 heterocycles. The van der Waals surface area contributed by atoms with Gasteiger partial charge in [-0.05, 0) is 36.4 Å². The Morgan fingerprint density at radius 2 is 1.88 bits per heavy atom. The second-order valence-electron chi connectivity index (χ2n) is 3.51. The van der Waals surface area contributed by atoms with Gasteiger partial charge in [0.15, 0.2) is 0 Å². The standard InChI is InChI=1S/C13H10FNOS/c14-10-4-2-5-11(8-10)15-13(16)9-3-1-6-12(17)7-9/h1-8,17H,(H,15,16). The summed E-state index contributed by atoms with van der Waals surface area (Å²) in [7, 11) is 0. The van der Waals surface area contributed by atoms with Crippen molar-refractivity contribution in [2.75, 3.05) is 5.32 Å². The molecule has 0 aliphatic carbocycles. The summed E-state index contributed by atoms with van der Waals surface area (Å²) in [6, 6.07) is 12.6. The lowest BCUT2D eigenvalue weighted by Crippen LogP contribution is -2.11. The summed E-state index contributed by atoms with van der Waals surface area (Å²) in [6.45, 7) is 0. The molecule has 2 nitrogen and oxygen atoms in total. The minimum atomic E-state index is -0.384. The first kappa shape index (κ1) is 11.7. The van der Waals surface area contributed by atoms with Gasteiger partial charge < -0.3 is 5.32 Å². The molecule has 4 heteroatoms.